The number of aromatic nitrogens is 4. The minimum absolute atomic E-state index is 0.0159. The van der Waals surface area contributed by atoms with Crippen LogP contribution in [0.15, 0.2) is 54.9 Å². The van der Waals surface area contributed by atoms with Gasteiger partial charge in [0.1, 0.15) is 11.3 Å². The first-order chi connectivity index (χ1) is 13.8. The number of benzene rings is 1. The van der Waals surface area contributed by atoms with E-state index >= 15 is 0 Å². The maximum atomic E-state index is 12.8. The molecule has 0 aliphatic carbocycles. The fraction of sp³-hybridized carbons (Fsp3) is 0.150. The highest BCUT2D eigenvalue weighted by atomic mass is 19.4. The Hall–Kier alpha value is -3.62. The van der Waals surface area contributed by atoms with E-state index in [4.69, 9.17) is 0 Å². The first-order valence-electron chi connectivity index (χ1n) is 8.73. The van der Waals surface area contributed by atoms with Gasteiger partial charge in [0.2, 0.25) is 0 Å². The molecule has 0 fully saturated rings. The van der Waals surface area contributed by atoms with Crippen LogP contribution in [0, 0.1) is 0 Å². The van der Waals surface area contributed by atoms with Crippen LogP contribution in [0.2, 0.25) is 0 Å². The molecule has 3 heterocycles. The van der Waals surface area contributed by atoms with Crippen molar-refractivity contribution in [3.63, 3.8) is 0 Å². The van der Waals surface area contributed by atoms with Gasteiger partial charge in [-0.05, 0) is 35.9 Å². The van der Waals surface area contributed by atoms with E-state index in [0.29, 0.717) is 22.6 Å². The van der Waals surface area contributed by atoms with Gasteiger partial charge >= 0.3 is 6.18 Å². The Labute approximate surface area is 163 Å². The van der Waals surface area contributed by atoms with Gasteiger partial charge in [0.15, 0.2) is 0 Å². The molecule has 2 N–H and O–H groups in total. The molecule has 0 unspecified atom stereocenters. The van der Waals surface area contributed by atoms with E-state index in [2.05, 4.69) is 20.5 Å². The van der Waals surface area contributed by atoms with E-state index in [9.17, 15) is 18.0 Å². The first kappa shape index (κ1) is 18.7. The number of H-pyrrole nitrogens is 1. The zero-order chi connectivity index (χ0) is 20.6. The molecule has 0 aliphatic heterocycles. The highest BCUT2D eigenvalue weighted by Crippen LogP contribution is 2.29. The Morgan fingerprint density at radius 2 is 2.03 bits per heavy atom. The Balaban J connectivity index is 1.55. The van der Waals surface area contributed by atoms with Crippen molar-refractivity contribution in [2.24, 2.45) is 7.05 Å². The molecule has 0 aliphatic rings. The summed E-state index contributed by atoms with van der Waals surface area (Å²) < 4.78 is 40.2. The molecule has 0 saturated heterocycles. The van der Waals surface area contributed by atoms with Crippen LogP contribution in [0.4, 0.5) is 13.2 Å². The van der Waals surface area contributed by atoms with Gasteiger partial charge in [0.25, 0.3) is 5.91 Å². The van der Waals surface area contributed by atoms with E-state index in [-0.39, 0.29) is 6.54 Å². The van der Waals surface area contributed by atoms with Crippen molar-refractivity contribution >= 4 is 16.9 Å². The summed E-state index contributed by atoms with van der Waals surface area (Å²) in [5, 5.41) is 10.1. The van der Waals surface area contributed by atoms with Crippen molar-refractivity contribution in [2.45, 2.75) is 12.7 Å². The van der Waals surface area contributed by atoms with Crippen molar-refractivity contribution in [1.29, 1.82) is 0 Å². The molecule has 4 aromatic rings. The topological polar surface area (TPSA) is 75.6 Å². The van der Waals surface area contributed by atoms with Crippen LogP contribution in [-0.4, -0.2) is 25.7 Å². The summed E-state index contributed by atoms with van der Waals surface area (Å²) in [6, 6.07) is 10.3. The lowest BCUT2D eigenvalue weighted by atomic mass is 10.1. The van der Waals surface area contributed by atoms with Crippen molar-refractivity contribution < 1.29 is 18.0 Å². The number of pyridine rings is 1. The van der Waals surface area contributed by atoms with Crippen LogP contribution in [0.5, 0.6) is 0 Å². The zero-order valence-corrected chi connectivity index (χ0v) is 15.3. The second kappa shape index (κ2) is 7.08. The largest absolute Gasteiger partial charge is 0.416 e. The molecule has 0 saturated carbocycles. The van der Waals surface area contributed by atoms with Crippen molar-refractivity contribution in [3.8, 4) is 11.3 Å². The zero-order valence-electron chi connectivity index (χ0n) is 15.3. The number of aryl methyl sites for hydroxylation is 1. The molecular weight excluding hydrogens is 383 g/mol. The third-order valence-electron chi connectivity index (χ3n) is 4.61. The third kappa shape index (κ3) is 3.71. The number of aromatic amines is 1. The third-order valence-corrected chi connectivity index (χ3v) is 4.61. The van der Waals surface area contributed by atoms with Gasteiger partial charge < -0.3 is 9.88 Å². The minimum Gasteiger partial charge on any atom is -0.347 e. The molecule has 9 heteroatoms. The molecule has 6 nitrogen and oxygen atoms in total. The number of rotatable bonds is 4. The predicted molar refractivity (Wildman–Crippen MR) is 101 cm³/mol. The SMILES string of the molecule is Cn1c(C(=O)NCc2cccc(C(F)(F)F)c2)cc2ccc(-c3cn[nH]c3)nc21. The summed E-state index contributed by atoms with van der Waals surface area (Å²) >= 11 is 0. The van der Waals surface area contributed by atoms with Gasteiger partial charge in [-0.2, -0.15) is 18.3 Å². The molecule has 1 aromatic carbocycles. The van der Waals surface area contributed by atoms with E-state index in [1.54, 1.807) is 30.1 Å². The van der Waals surface area contributed by atoms with E-state index in [0.717, 1.165) is 23.1 Å². The van der Waals surface area contributed by atoms with Crippen LogP contribution in [-0.2, 0) is 19.8 Å². The van der Waals surface area contributed by atoms with Crippen molar-refractivity contribution in [2.75, 3.05) is 0 Å². The number of nitrogens with one attached hydrogen (secondary N) is 2. The number of halogens is 3. The van der Waals surface area contributed by atoms with Crippen LogP contribution < -0.4 is 5.32 Å². The molecule has 3 aromatic heterocycles. The normalized spacial score (nSPS) is 11.7. The molecule has 4 rings (SSSR count). The minimum atomic E-state index is -4.42. The van der Waals surface area contributed by atoms with Gasteiger partial charge in [-0.25, -0.2) is 4.98 Å². The lowest BCUT2D eigenvalue weighted by molar-refractivity contribution is -0.137. The Bertz CT molecular complexity index is 1180. The molecule has 0 radical (unpaired) electrons. The number of hydrogen-bond acceptors (Lipinski definition) is 3. The average Bonchev–Trinajstić information content (AvgIpc) is 3.34. The van der Waals surface area contributed by atoms with Gasteiger partial charge in [0, 0.05) is 30.7 Å². The van der Waals surface area contributed by atoms with Gasteiger partial charge in [-0.1, -0.05) is 12.1 Å². The number of hydrogen-bond donors (Lipinski definition) is 2. The highest BCUT2D eigenvalue weighted by molar-refractivity contribution is 5.98. The number of amides is 1. The van der Waals surface area contributed by atoms with Gasteiger partial charge in [-0.15, -0.1) is 0 Å². The second-order valence-corrected chi connectivity index (χ2v) is 6.57. The lowest BCUT2D eigenvalue weighted by Gasteiger charge is -2.10. The lowest BCUT2D eigenvalue weighted by Crippen LogP contribution is -2.25. The fourth-order valence-electron chi connectivity index (χ4n) is 3.10. The standard InChI is InChI=1S/C20H16F3N5O/c1-28-17(8-13-5-6-16(27-18(13)28)14-10-25-26-11-14)19(29)24-9-12-3-2-4-15(7-12)20(21,22)23/h2-8,10-11H,9H2,1H3,(H,24,29)(H,25,26). The number of carbonyl (C=O) groups is 1. The Morgan fingerprint density at radius 1 is 1.21 bits per heavy atom. The van der Waals surface area contributed by atoms with Crippen molar-refractivity contribution in [1.82, 2.24) is 25.1 Å². The van der Waals surface area contributed by atoms with Crippen LogP contribution >= 0.6 is 0 Å². The summed E-state index contributed by atoms with van der Waals surface area (Å²) in [4.78, 5) is 17.2. The summed E-state index contributed by atoms with van der Waals surface area (Å²) in [5.41, 5.74) is 2.14. The maximum absolute atomic E-state index is 12.8. The van der Waals surface area contributed by atoms with Gasteiger partial charge in [-0.3, -0.25) is 9.89 Å². The van der Waals surface area contributed by atoms with Gasteiger partial charge in [0.05, 0.1) is 17.5 Å². The number of alkyl halides is 3. The van der Waals surface area contributed by atoms with Crippen molar-refractivity contribution in [3.05, 3.63) is 71.7 Å². The average molecular weight is 399 g/mol. The monoisotopic (exact) mass is 399 g/mol. The highest BCUT2D eigenvalue weighted by Gasteiger charge is 2.30. The smallest absolute Gasteiger partial charge is 0.347 e. The number of nitrogens with zero attached hydrogens (tertiary/aromatic N) is 3. The molecule has 0 bridgehead atoms. The Kier molecular flexibility index (Phi) is 4.57. The van der Waals surface area contributed by atoms with E-state index in [1.807, 2.05) is 12.1 Å². The second-order valence-electron chi connectivity index (χ2n) is 6.57. The van der Waals surface area contributed by atoms with E-state index < -0.39 is 17.6 Å². The van der Waals surface area contributed by atoms with Crippen LogP contribution in [0.3, 0.4) is 0 Å². The molecular formula is C20H16F3N5O. The molecule has 148 valence electrons. The van der Waals surface area contributed by atoms with Crippen LogP contribution in [0.25, 0.3) is 22.3 Å². The summed E-state index contributed by atoms with van der Waals surface area (Å²) in [6.07, 6.45) is -1.05. The fourth-order valence-corrected chi connectivity index (χ4v) is 3.10. The number of fused-ring (bicyclic) bond motifs is 1. The predicted octanol–water partition coefficient (Wildman–Crippen LogP) is 3.91. The summed E-state index contributed by atoms with van der Waals surface area (Å²) in [7, 11) is 1.72. The quantitative estimate of drug-likeness (QED) is 0.546. The molecule has 29 heavy (non-hydrogen) atoms. The maximum Gasteiger partial charge on any atom is 0.416 e. The number of carbonyl (C=O) groups excluding carboxylic acids is 1. The summed E-state index contributed by atoms with van der Waals surface area (Å²) in [6.45, 7) is -0.0159. The molecule has 0 atom stereocenters. The summed E-state index contributed by atoms with van der Waals surface area (Å²) in [5.74, 6) is -0.396. The Morgan fingerprint density at radius 3 is 2.76 bits per heavy atom. The first-order valence-corrected chi connectivity index (χ1v) is 8.73. The molecule has 1 amide bonds. The van der Waals surface area contributed by atoms with E-state index in [1.165, 1.54) is 12.1 Å². The van der Waals surface area contributed by atoms with Crippen LogP contribution in [0.1, 0.15) is 21.6 Å². The molecule has 0 spiro atoms.